The summed E-state index contributed by atoms with van der Waals surface area (Å²) < 4.78 is 0. The molecule has 2 heterocycles. The van der Waals surface area contributed by atoms with Gasteiger partial charge in [0.15, 0.2) is 0 Å². The van der Waals surface area contributed by atoms with E-state index in [1.807, 2.05) is 12.3 Å². The van der Waals surface area contributed by atoms with Crippen LogP contribution in [0.4, 0.5) is 5.69 Å². The molecule has 1 aliphatic heterocycles. The molecule has 1 atom stereocenters. The first-order chi connectivity index (χ1) is 9.06. The standard InChI is InChI=1S/C15H25N3O/c1-12(19)15-5-4-14(10-16-15)18-8-6-13(7-9-18)11-17(2)3/h4-5,10,12-13,19H,6-9,11H2,1-3H3/t12-/m1/s1. The molecule has 0 radical (unpaired) electrons. The summed E-state index contributed by atoms with van der Waals surface area (Å²) >= 11 is 0. The van der Waals surface area contributed by atoms with E-state index < -0.39 is 6.10 Å². The number of anilines is 1. The lowest BCUT2D eigenvalue weighted by Crippen LogP contribution is -2.37. The molecule has 1 aromatic rings. The van der Waals surface area contributed by atoms with Crippen LogP contribution in [0.1, 0.15) is 31.6 Å². The normalized spacial score (nSPS) is 18.9. The van der Waals surface area contributed by atoms with E-state index in [9.17, 15) is 5.11 Å². The molecule has 1 fully saturated rings. The Hall–Kier alpha value is -1.13. The Labute approximate surface area is 116 Å². The van der Waals surface area contributed by atoms with Gasteiger partial charge in [0.25, 0.3) is 0 Å². The molecule has 106 valence electrons. The van der Waals surface area contributed by atoms with E-state index in [2.05, 4.69) is 34.9 Å². The molecule has 4 nitrogen and oxygen atoms in total. The number of aliphatic hydroxyl groups is 1. The molecule has 1 aromatic heterocycles. The second kappa shape index (κ2) is 6.35. The van der Waals surface area contributed by atoms with E-state index in [1.165, 1.54) is 25.1 Å². The summed E-state index contributed by atoms with van der Waals surface area (Å²) in [7, 11) is 4.29. The van der Waals surface area contributed by atoms with Crippen LogP contribution in [-0.2, 0) is 0 Å². The number of piperidine rings is 1. The lowest BCUT2D eigenvalue weighted by Gasteiger charge is -2.34. The van der Waals surface area contributed by atoms with Crippen molar-refractivity contribution in [2.24, 2.45) is 5.92 Å². The van der Waals surface area contributed by atoms with Crippen LogP contribution in [0, 0.1) is 5.92 Å². The highest BCUT2D eigenvalue weighted by Crippen LogP contribution is 2.23. The van der Waals surface area contributed by atoms with Gasteiger partial charge in [-0.15, -0.1) is 0 Å². The number of hydrogen-bond donors (Lipinski definition) is 1. The molecule has 0 bridgehead atoms. The highest BCUT2D eigenvalue weighted by molar-refractivity contribution is 5.45. The van der Waals surface area contributed by atoms with Gasteiger partial charge in [0, 0.05) is 19.6 Å². The van der Waals surface area contributed by atoms with Gasteiger partial charge < -0.3 is 14.9 Å². The molecule has 0 saturated carbocycles. The molecule has 0 aromatic carbocycles. The Morgan fingerprint density at radius 1 is 1.37 bits per heavy atom. The minimum absolute atomic E-state index is 0.486. The topological polar surface area (TPSA) is 39.6 Å². The smallest absolute Gasteiger partial charge is 0.0931 e. The minimum Gasteiger partial charge on any atom is -0.387 e. The van der Waals surface area contributed by atoms with Crippen molar-refractivity contribution in [3.63, 3.8) is 0 Å². The van der Waals surface area contributed by atoms with Gasteiger partial charge in [-0.25, -0.2) is 0 Å². The van der Waals surface area contributed by atoms with Gasteiger partial charge in [-0.3, -0.25) is 4.98 Å². The van der Waals surface area contributed by atoms with Crippen molar-refractivity contribution in [3.8, 4) is 0 Å². The van der Waals surface area contributed by atoms with Crippen molar-refractivity contribution in [1.29, 1.82) is 0 Å². The molecule has 2 rings (SSSR count). The largest absolute Gasteiger partial charge is 0.387 e. The highest BCUT2D eigenvalue weighted by Gasteiger charge is 2.20. The van der Waals surface area contributed by atoms with Crippen molar-refractivity contribution < 1.29 is 5.11 Å². The maximum atomic E-state index is 9.46. The fourth-order valence-corrected chi connectivity index (χ4v) is 2.72. The van der Waals surface area contributed by atoms with Gasteiger partial charge >= 0.3 is 0 Å². The van der Waals surface area contributed by atoms with Gasteiger partial charge in [0.1, 0.15) is 0 Å². The maximum absolute atomic E-state index is 9.46. The third kappa shape index (κ3) is 3.91. The first-order valence-electron chi connectivity index (χ1n) is 7.10. The Morgan fingerprint density at radius 2 is 2.05 bits per heavy atom. The van der Waals surface area contributed by atoms with E-state index >= 15 is 0 Å². The second-order valence-corrected chi connectivity index (χ2v) is 5.81. The van der Waals surface area contributed by atoms with Gasteiger partial charge in [-0.2, -0.15) is 0 Å². The molecule has 4 heteroatoms. The molecule has 0 aliphatic carbocycles. The average Bonchev–Trinajstić information content (AvgIpc) is 2.39. The molecule has 0 amide bonds. The fourth-order valence-electron chi connectivity index (χ4n) is 2.72. The third-order valence-electron chi connectivity index (χ3n) is 3.80. The lowest BCUT2D eigenvalue weighted by molar-refractivity contribution is 0.194. The molecular weight excluding hydrogens is 238 g/mol. The summed E-state index contributed by atoms with van der Waals surface area (Å²) in [5.41, 5.74) is 1.92. The average molecular weight is 263 g/mol. The number of nitrogens with zero attached hydrogens (tertiary/aromatic N) is 3. The second-order valence-electron chi connectivity index (χ2n) is 5.81. The van der Waals surface area contributed by atoms with Crippen LogP contribution in [0.25, 0.3) is 0 Å². The van der Waals surface area contributed by atoms with E-state index in [4.69, 9.17) is 0 Å². The van der Waals surface area contributed by atoms with Crippen LogP contribution in [0.2, 0.25) is 0 Å². The predicted molar refractivity (Wildman–Crippen MR) is 78.4 cm³/mol. The quantitative estimate of drug-likeness (QED) is 0.901. The summed E-state index contributed by atoms with van der Waals surface area (Å²) in [5.74, 6) is 0.816. The Bertz CT molecular complexity index is 381. The van der Waals surface area contributed by atoms with Crippen molar-refractivity contribution in [2.45, 2.75) is 25.9 Å². The Morgan fingerprint density at radius 3 is 2.53 bits per heavy atom. The van der Waals surface area contributed by atoms with Crippen molar-refractivity contribution >= 4 is 5.69 Å². The molecular formula is C15H25N3O. The number of aliphatic hydroxyl groups excluding tert-OH is 1. The number of pyridine rings is 1. The fraction of sp³-hybridized carbons (Fsp3) is 0.667. The highest BCUT2D eigenvalue weighted by atomic mass is 16.3. The first kappa shape index (κ1) is 14.3. The summed E-state index contributed by atoms with van der Waals surface area (Å²) in [6, 6.07) is 3.99. The van der Waals surface area contributed by atoms with Gasteiger partial charge in [-0.05, 0) is 51.9 Å². The first-order valence-corrected chi connectivity index (χ1v) is 7.10. The van der Waals surface area contributed by atoms with E-state index in [0.717, 1.165) is 24.7 Å². The lowest BCUT2D eigenvalue weighted by atomic mass is 9.96. The van der Waals surface area contributed by atoms with Crippen LogP contribution in [0.3, 0.4) is 0 Å². The number of aromatic nitrogens is 1. The zero-order valence-corrected chi connectivity index (χ0v) is 12.2. The van der Waals surface area contributed by atoms with E-state index in [0.29, 0.717) is 0 Å². The third-order valence-corrected chi connectivity index (χ3v) is 3.80. The zero-order chi connectivity index (χ0) is 13.8. The van der Waals surface area contributed by atoms with Crippen LogP contribution >= 0.6 is 0 Å². The minimum atomic E-state index is -0.486. The van der Waals surface area contributed by atoms with E-state index in [1.54, 1.807) is 6.92 Å². The summed E-state index contributed by atoms with van der Waals surface area (Å²) in [6.07, 6.45) is 3.89. The Kier molecular flexibility index (Phi) is 4.77. The predicted octanol–water partition coefficient (Wildman–Crippen LogP) is 1.91. The van der Waals surface area contributed by atoms with Crippen LogP contribution in [0.5, 0.6) is 0 Å². The monoisotopic (exact) mass is 263 g/mol. The van der Waals surface area contributed by atoms with Crippen molar-refractivity contribution in [2.75, 3.05) is 38.6 Å². The van der Waals surface area contributed by atoms with Crippen LogP contribution in [-0.4, -0.2) is 48.7 Å². The van der Waals surface area contributed by atoms with Gasteiger partial charge in [-0.1, -0.05) is 0 Å². The number of hydrogen-bond acceptors (Lipinski definition) is 4. The molecule has 0 unspecified atom stereocenters. The van der Waals surface area contributed by atoms with Gasteiger partial charge in [0.2, 0.25) is 0 Å². The van der Waals surface area contributed by atoms with E-state index in [-0.39, 0.29) is 0 Å². The maximum Gasteiger partial charge on any atom is 0.0931 e. The van der Waals surface area contributed by atoms with Gasteiger partial charge in [0.05, 0.1) is 23.7 Å². The van der Waals surface area contributed by atoms with Crippen LogP contribution in [0.15, 0.2) is 18.3 Å². The van der Waals surface area contributed by atoms with Crippen molar-refractivity contribution in [1.82, 2.24) is 9.88 Å². The molecule has 0 spiro atoms. The Balaban J connectivity index is 1.90. The van der Waals surface area contributed by atoms with Crippen LogP contribution < -0.4 is 4.90 Å². The zero-order valence-electron chi connectivity index (χ0n) is 12.2. The molecule has 19 heavy (non-hydrogen) atoms. The molecule has 1 aliphatic rings. The summed E-state index contributed by atoms with van der Waals surface area (Å²) in [4.78, 5) is 8.99. The summed E-state index contributed by atoms with van der Waals surface area (Å²) in [6.45, 7) is 5.14. The summed E-state index contributed by atoms with van der Waals surface area (Å²) in [5, 5.41) is 9.46. The molecule has 1 saturated heterocycles. The number of rotatable bonds is 4. The molecule has 1 N–H and O–H groups in total. The van der Waals surface area contributed by atoms with Crippen molar-refractivity contribution in [3.05, 3.63) is 24.0 Å². The SMILES string of the molecule is C[C@@H](O)c1ccc(N2CCC(CN(C)C)CC2)cn1.